The molecule has 3 aromatic rings. The van der Waals surface area contributed by atoms with E-state index in [4.69, 9.17) is 16.3 Å². The molecule has 1 N–H and O–H groups in total. The van der Waals surface area contributed by atoms with E-state index in [1.54, 1.807) is 27.0 Å². The molecule has 0 aliphatic carbocycles. The zero-order valence-corrected chi connectivity index (χ0v) is 23.2. The molecule has 0 atom stereocenters. The lowest BCUT2D eigenvalue weighted by atomic mass is 9.93. The van der Waals surface area contributed by atoms with Crippen LogP contribution in [-0.2, 0) is 11.3 Å². The molecule has 204 valence electrons. The van der Waals surface area contributed by atoms with Crippen LogP contribution in [0.25, 0.3) is 0 Å². The second kappa shape index (κ2) is 11.5. The van der Waals surface area contributed by atoms with Gasteiger partial charge >= 0.3 is 6.09 Å². The van der Waals surface area contributed by atoms with Crippen molar-refractivity contribution in [2.24, 2.45) is 0 Å². The Hall–Kier alpha value is -3.90. The highest BCUT2D eigenvalue weighted by molar-refractivity contribution is 6.34. The van der Waals surface area contributed by atoms with Gasteiger partial charge in [0.2, 0.25) is 0 Å². The van der Waals surface area contributed by atoms with E-state index < -0.39 is 23.3 Å². The maximum absolute atomic E-state index is 15.8. The van der Waals surface area contributed by atoms with Crippen molar-refractivity contribution in [3.05, 3.63) is 76.2 Å². The zero-order chi connectivity index (χ0) is 28.2. The van der Waals surface area contributed by atoms with Gasteiger partial charge in [0, 0.05) is 43.3 Å². The molecule has 4 rings (SSSR count). The fourth-order valence-electron chi connectivity index (χ4n) is 4.16. The summed E-state index contributed by atoms with van der Waals surface area (Å²) in [5, 5.41) is 7.01. The number of aromatic nitrogens is 3. The van der Waals surface area contributed by atoms with Crippen LogP contribution in [-0.4, -0.2) is 56.0 Å². The fourth-order valence-corrected chi connectivity index (χ4v) is 4.38. The van der Waals surface area contributed by atoms with Gasteiger partial charge in [0.1, 0.15) is 22.8 Å². The van der Waals surface area contributed by atoms with Crippen molar-refractivity contribution in [1.29, 1.82) is 0 Å². The maximum Gasteiger partial charge on any atom is 0.410 e. The highest BCUT2D eigenvalue weighted by Crippen LogP contribution is 2.31. The third kappa shape index (κ3) is 7.36. The summed E-state index contributed by atoms with van der Waals surface area (Å²) < 4.78 is 22.4. The molecule has 1 saturated heterocycles. The number of hydrogen-bond acceptors (Lipinski definition) is 5. The van der Waals surface area contributed by atoms with Gasteiger partial charge in [0.05, 0.1) is 17.8 Å². The van der Waals surface area contributed by atoms with E-state index in [1.165, 1.54) is 15.8 Å². The Morgan fingerprint density at radius 3 is 2.44 bits per heavy atom. The van der Waals surface area contributed by atoms with Gasteiger partial charge < -0.3 is 15.0 Å². The summed E-state index contributed by atoms with van der Waals surface area (Å²) in [6.45, 7) is 7.39. The number of anilines is 1. The monoisotopic (exact) mass is 551 g/mol. The minimum atomic E-state index is -1.67. The van der Waals surface area contributed by atoms with E-state index >= 15 is 4.39 Å². The number of amides is 2. The number of carbonyl (C=O) groups is 2. The molecule has 1 aliphatic heterocycles. The molecule has 2 aromatic heterocycles. The second-order valence-electron chi connectivity index (χ2n) is 10.6. The van der Waals surface area contributed by atoms with Gasteiger partial charge in [0.15, 0.2) is 0 Å². The van der Waals surface area contributed by atoms with E-state index in [9.17, 15) is 9.59 Å². The predicted molar refractivity (Wildman–Crippen MR) is 147 cm³/mol. The van der Waals surface area contributed by atoms with Gasteiger partial charge in [-0.05, 0) is 51.5 Å². The van der Waals surface area contributed by atoms with E-state index in [-0.39, 0.29) is 43.2 Å². The highest BCUT2D eigenvalue weighted by Gasteiger charge is 2.39. The molecule has 39 heavy (non-hydrogen) atoms. The topological polar surface area (TPSA) is 89.4 Å². The number of hydrogen-bond donors (Lipinski definition) is 1. The minimum Gasteiger partial charge on any atom is -0.444 e. The summed E-state index contributed by atoms with van der Waals surface area (Å²) >= 11 is 6.29. The van der Waals surface area contributed by atoms with E-state index in [2.05, 4.69) is 27.2 Å². The van der Waals surface area contributed by atoms with Crippen LogP contribution in [0, 0.1) is 18.8 Å². The van der Waals surface area contributed by atoms with Gasteiger partial charge in [-0.2, -0.15) is 5.10 Å². The summed E-state index contributed by atoms with van der Waals surface area (Å²) in [7, 11) is 0. The summed E-state index contributed by atoms with van der Waals surface area (Å²) in [4.78, 5) is 31.3. The number of carbonyl (C=O) groups excluding carboxylic acids is 2. The first-order valence-corrected chi connectivity index (χ1v) is 13.0. The summed E-state index contributed by atoms with van der Waals surface area (Å²) in [6.07, 6.45) is 2.59. The van der Waals surface area contributed by atoms with Gasteiger partial charge in [0.25, 0.3) is 5.91 Å². The molecule has 10 heteroatoms. The first-order chi connectivity index (χ1) is 18.4. The number of piperidine rings is 1. The summed E-state index contributed by atoms with van der Waals surface area (Å²) in [5.74, 6) is 5.93. The first-order valence-electron chi connectivity index (χ1n) is 12.7. The number of alkyl halides is 1. The molecule has 8 nitrogen and oxygen atoms in total. The van der Waals surface area contributed by atoms with Gasteiger partial charge in [-0.25, -0.2) is 14.2 Å². The lowest BCUT2D eigenvalue weighted by Crippen LogP contribution is -2.48. The Balaban J connectivity index is 1.42. The Kier molecular flexibility index (Phi) is 8.26. The normalized spacial score (nSPS) is 14.8. The van der Waals surface area contributed by atoms with Crippen LogP contribution < -0.4 is 5.32 Å². The predicted octanol–water partition coefficient (Wildman–Crippen LogP) is 5.63. The summed E-state index contributed by atoms with van der Waals surface area (Å²) in [5.41, 5.74) is 0.0413. The molecule has 1 aromatic carbocycles. The standard InChI is InChI=1S/C29H31ClFN5O3/c1-20-16-22(11-10-21-8-6-5-7-9-21)17-32-25(20)34-26(37)24-23(30)18-33-36(24)19-29(31)12-14-35(15-13-29)27(38)39-28(2,3)4/h5-9,16-18H,12-15,19H2,1-4H3,(H,32,34,37). The Labute approximate surface area is 232 Å². The van der Waals surface area contributed by atoms with Gasteiger partial charge in [-0.1, -0.05) is 41.6 Å². The third-order valence-corrected chi connectivity index (χ3v) is 6.47. The van der Waals surface area contributed by atoms with Crippen molar-refractivity contribution >= 4 is 29.4 Å². The lowest BCUT2D eigenvalue weighted by molar-refractivity contribution is -0.00144. The van der Waals surface area contributed by atoms with Crippen LogP contribution in [0.3, 0.4) is 0 Å². The third-order valence-electron chi connectivity index (χ3n) is 6.19. The number of likely N-dealkylation sites (tertiary alicyclic amines) is 1. The average Bonchev–Trinajstić information content (AvgIpc) is 3.23. The number of halogens is 2. The number of ether oxygens (including phenoxy) is 1. The zero-order valence-electron chi connectivity index (χ0n) is 22.4. The largest absolute Gasteiger partial charge is 0.444 e. The van der Waals surface area contributed by atoms with Crippen molar-refractivity contribution in [3.8, 4) is 11.8 Å². The molecule has 0 saturated carbocycles. The molecule has 3 heterocycles. The molecule has 2 amide bonds. The molecule has 0 radical (unpaired) electrons. The molecule has 1 fully saturated rings. The number of benzene rings is 1. The van der Waals surface area contributed by atoms with Crippen LogP contribution in [0.5, 0.6) is 0 Å². The van der Waals surface area contributed by atoms with Gasteiger partial charge in [-0.15, -0.1) is 0 Å². The summed E-state index contributed by atoms with van der Waals surface area (Å²) in [6, 6.07) is 11.4. The number of nitrogens with one attached hydrogen (secondary N) is 1. The average molecular weight is 552 g/mol. The number of pyridine rings is 1. The Bertz CT molecular complexity index is 1410. The number of rotatable bonds is 4. The first kappa shape index (κ1) is 28.1. The quantitative estimate of drug-likeness (QED) is 0.424. The molecule has 0 bridgehead atoms. The molecule has 0 unspecified atom stereocenters. The van der Waals surface area contributed by atoms with E-state index in [0.717, 1.165) is 5.56 Å². The van der Waals surface area contributed by atoms with Gasteiger partial charge in [-0.3, -0.25) is 9.48 Å². The molecule has 0 spiro atoms. The molecule has 1 aliphatic rings. The minimum absolute atomic E-state index is 0.0393. The maximum atomic E-state index is 15.8. The van der Waals surface area contributed by atoms with Crippen LogP contribution in [0.15, 0.2) is 48.8 Å². The molecular weight excluding hydrogens is 521 g/mol. The number of aryl methyl sites for hydroxylation is 1. The van der Waals surface area contributed by atoms with Crippen LogP contribution >= 0.6 is 11.6 Å². The Morgan fingerprint density at radius 2 is 1.79 bits per heavy atom. The van der Waals surface area contributed by atoms with Crippen molar-refractivity contribution in [3.63, 3.8) is 0 Å². The van der Waals surface area contributed by atoms with E-state index in [0.29, 0.717) is 16.9 Å². The Morgan fingerprint density at radius 1 is 1.13 bits per heavy atom. The fraction of sp³-hybridized carbons (Fsp3) is 0.379. The highest BCUT2D eigenvalue weighted by atomic mass is 35.5. The van der Waals surface area contributed by atoms with Crippen LogP contribution in [0.4, 0.5) is 15.0 Å². The lowest BCUT2D eigenvalue weighted by Gasteiger charge is -2.37. The van der Waals surface area contributed by atoms with Crippen molar-refractivity contribution in [2.75, 3.05) is 18.4 Å². The second-order valence-corrected chi connectivity index (χ2v) is 11.0. The van der Waals surface area contributed by atoms with Crippen molar-refractivity contribution in [1.82, 2.24) is 19.7 Å². The number of nitrogens with zero attached hydrogens (tertiary/aromatic N) is 4. The van der Waals surface area contributed by atoms with Crippen molar-refractivity contribution in [2.45, 2.75) is 58.4 Å². The smallest absolute Gasteiger partial charge is 0.410 e. The SMILES string of the molecule is Cc1cc(C#Cc2ccccc2)cnc1NC(=O)c1c(Cl)cnn1CC1(F)CCN(C(=O)OC(C)(C)C)CC1. The van der Waals surface area contributed by atoms with Crippen LogP contribution in [0.2, 0.25) is 5.02 Å². The van der Waals surface area contributed by atoms with Crippen molar-refractivity contribution < 1.29 is 18.7 Å². The van der Waals surface area contributed by atoms with E-state index in [1.807, 2.05) is 43.3 Å². The molecular formula is C29H31ClFN5O3. The van der Waals surface area contributed by atoms with Crippen LogP contribution in [0.1, 0.15) is 60.8 Å².